The molecule has 0 unspecified atom stereocenters. The smallest absolute Gasteiger partial charge is 0.0425 e. The predicted octanol–water partition coefficient (Wildman–Crippen LogP) is 6.02. The topological polar surface area (TPSA) is 0 Å². The standard InChI is InChI=1S/C22H22/c1-5-17-22(8-4,20-15-11-9-13-18(20)6-2)21-16-12-10-14-19(21)7-3/h5-16H,1-4,17H2. The third kappa shape index (κ3) is 2.60. The molecule has 0 heteroatoms. The van der Waals surface area contributed by atoms with Crippen molar-refractivity contribution in [2.75, 3.05) is 0 Å². The molecule has 0 amide bonds. The van der Waals surface area contributed by atoms with E-state index < -0.39 is 0 Å². The van der Waals surface area contributed by atoms with Gasteiger partial charge in [-0.05, 0) is 28.7 Å². The van der Waals surface area contributed by atoms with E-state index in [4.69, 9.17) is 0 Å². The van der Waals surface area contributed by atoms with Crippen LogP contribution in [0.15, 0.2) is 87.0 Å². The van der Waals surface area contributed by atoms with E-state index in [0.717, 1.165) is 17.5 Å². The van der Waals surface area contributed by atoms with E-state index in [2.05, 4.69) is 62.7 Å². The van der Waals surface area contributed by atoms with Crippen molar-refractivity contribution >= 4 is 12.2 Å². The normalized spacial score (nSPS) is 10.7. The zero-order valence-corrected chi connectivity index (χ0v) is 13.0. The predicted molar refractivity (Wildman–Crippen MR) is 98.9 cm³/mol. The Bertz CT molecular complexity index is 652. The summed E-state index contributed by atoms with van der Waals surface area (Å²) in [5.74, 6) is 0. The van der Waals surface area contributed by atoms with Gasteiger partial charge >= 0.3 is 0 Å². The Morgan fingerprint density at radius 2 is 1.18 bits per heavy atom. The molecular weight excluding hydrogens is 264 g/mol. The Kier molecular flexibility index (Phi) is 4.95. The van der Waals surface area contributed by atoms with Crippen LogP contribution in [0.4, 0.5) is 0 Å². The third-order valence-corrected chi connectivity index (χ3v) is 4.14. The summed E-state index contributed by atoms with van der Waals surface area (Å²) >= 11 is 0. The van der Waals surface area contributed by atoms with E-state index >= 15 is 0 Å². The monoisotopic (exact) mass is 286 g/mol. The Morgan fingerprint density at radius 3 is 1.55 bits per heavy atom. The molecule has 0 aromatic heterocycles. The molecule has 0 fully saturated rings. The van der Waals surface area contributed by atoms with Crippen LogP contribution in [0.2, 0.25) is 0 Å². The highest BCUT2D eigenvalue weighted by molar-refractivity contribution is 5.64. The Morgan fingerprint density at radius 1 is 0.727 bits per heavy atom. The van der Waals surface area contributed by atoms with E-state index in [-0.39, 0.29) is 5.41 Å². The van der Waals surface area contributed by atoms with Gasteiger partial charge < -0.3 is 0 Å². The van der Waals surface area contributed by atoms with E-state index in [0.29, 0.717) is 0 Å². The van der Waals surface area contributed by atoms with Crippen molar-refractivity contribution in [2.24, 2.45) is 0 Å². The van der Waals surface area contributed by atoms with Crippen molar-refractivity contribution in [3.05, 3.63) is 109 Å². The lowest BCUT2D eigenvalue weighted by Crippen LogP contribution is -2.26. The van der Waals surface area contributed by atoms with E-state index in [1.54, 1.807) is 0 Å². The first-order valence-electron chi connectivity index (χ1n) is 7.42. The first-order chi connectivity index (χ1) is 10.7. The summed E-state index contributed by atoms with van der Waals surface area (Å²) in [6, 6.07) is 16.6. The van der Waals surface area contributed by atoms with Gasteiger partial charge in [-0.3, -0.25) is 0 Å². The Balaban J connectivity index is 2.83. The summed E-state index contributed by atoms with van der Waals surface area (Å²) in [6.07, 6.45) is 8.52. The van der Waals surface area contributed by atoms with E-state index in [1.165, 1.54) is 11.1 Å². The summed E-state index contributed by atoms with van der Waals surface area (Å²) < 4.78 is 0. The van der Waals surface area contributed by atoms with Crippen LogP contribution in [0, 0.1) is 0 Å². The van der Waals surface area contributed by atoms with Crippen molar-refractivity contribution in [1.82, 2.24) is 0 Å². The summed E-state index contributed by atoms with van der Waals surface area (Å²) in [5, 5.41) is 0. The lowest BCUT2D eigenvalue weighted by molar-refractivity contribution is 0.653. The maximum absolute atomic E-state index is 4.14. The number of hydrogen-bond acceptors (Lipinski definition) is 0. The van der Waals surface area contributed by atoms with Crippen LogP contribution >= 0.6 is 0 Å². The molecule has 22 heavy (non-hydrogen) atoms. The maximum Gasteiger partial charge on any atom is 0.0425 e. The number of benzene rings is 2. The maximum atomic E-state index is 4.14. The van der Waals surface area contributed by atoms with Gasteiger partial charge in [-0.15, -0.1) is 13.2 Å². The number of rotatable bonds is 7. The zero-order chi connectivity index (χ0) is 16.0. The first kappa shape index (κ1) is 15.8. The Hall–Kier alpha value is -2.60. The Labute approximate surface area is 133 Å². The van der Waals surface area contributed by atoms with Gasteiger partial charge in [0.2, 0.25) is 0 Å². The molecule has 0 heterocycles. The molecule has 0 nitrogen and oxygen atoms in total. The molecular formula is C22H22. The minimum absolute atomic E-state index is 0.336. The average molecular weight is 286 g/mol. The zero-order valence-electron chi connectivity index (χ0n) is 13.0. The van der Waals surface area contributed by atoms with Gasteiger partial charge in [0.1, 0.15) is 0 Å². The molecule has 0 spiro atoms. The third-order valence-electron chi connectivity index (χ3n) is 4.14. The summed E-state index contributed by atoms with van der Waals surface area (Å²) in [7, 11) is 0. The molecule has 0 radical (unpaired) electrons. The quantitative estimate of drug-likeness (QED) is 0.546. The second-order valence-electron chi connectivity index (χ2n) is 5.25. The summed E-state index contributed by atoms with van der Waals surface area (Å²) in [6.45, 7) is 16.0. The molecule has 0 bridgehead atoms. The van der Waals surface area contributed by atoms with Crippen LogP contribution < -0.4 is 0 Å². The van der Waals surface area contributed by atoms with Gasteiger partial charge in [0.15, 0.2) is 0 Å². The van der Waals surface area contributed by atoms with E-state index in [9.17, 15) is 0 Å². The fourth-order valence-corrected chi connectivity index (χ4v) is 3.06. The highest BCUT2D eigenvalue weighted by atomic mass is 14.3. The van der Waals surface area contributed by atoms with Crippen LogP contribution in [0.5, 0.6) is 0 Å². The van der Waals surface area contributed by atoms with Gasteiger partial charge in [0, 0.05) is 5.41 Å². The largest absolute Gasteiger partial charge is 0.103 e. The van der Waals surface area contributed by atoms with Crippen molar-refractivity contribution in [3.8, 4) is 0 Å². The molecule has 0 saturated heterocycles. The summed E-state index contributed by atoms with van der Waals surface area (Å²) in [4.78, 5) is 0. The minimum atomic E-state index is -0.336. The summed E-state index contributed by atoms with van der Waals surface area (Å²) in [5.41, 5.74) is 4.27. The highest BCUT2D eigenvalue weighted by Crippen LogP contribution is 2.41. The molecule has 2 aromatic carbocycles. The first-order valence-corrected chi connectivity index (χ1v) is 7.42. The van der Waals surface area contributed by atoms with E-state index in [1.807, 2.05) is 36.4 Å². The van der Waals surface area contributed by atoms with Gasteiger partial charge in [0.25, 0.3) is 0 Å². The van der Waals surface area contributed by atoms with Crippen LogP contribution in [0.25, 0.3) is 12.2 Å². The second-order valence-corrected chi connectivity index (χ2v) is 5.25. The molecule has 110 valence electrons. The molecule has 2 rings (SSSR count). The van der Waals surface area contributed by atoms with Gasteiger partial charge in [-0.25, -0.2) is 0 Å². The molecule has 0 aliphatic heterocycles. The highest BCUT2D eigenvalue weighted by Gasteiger charge is 2.32. The molecule has 0 saturated carbocycles. The van der Waals surface area contributed by atoms with Gasteiger partial charge in [-0.2, -0.15) is 0 Å². The van der Waals surface area contributed by atoms with Gasteiger partial charge in [-0.1, -0.05) is 86.0 Å². The van der Waals surface area contributed by atoms with Crippen LogP contribution in [0.3, 0.4) is 0 Å². The average Bonchev–Trinajstić information content (AvgIpc) is 2.59. The number of allylic oxidation sites excluding steroid dienone is 2. The lowest BCUT2D eigenvalue weighted by atomic mass is 9.69. The van der Waals surface area contributed by atoms with Crippen molar-refractivity contribution in [1.29, 1.82) is 0 Å². The van der Waals surface area contributed by atoms with Crippen molar-refractivity contribution in [2.45, 2.75) is 11.8 Å². The molecule has 2 aromatic rings. The lowest BCUT2D eigenvalue weighted by Gasteiger charge is -2.34. The molecule has 0 atom stereocenters. The fourth-order valence-electron chi connectivity index (χ4n) is 3.06. The molecule has 0 N–H and O–H groups in total. The fraction of sp³-hybridized carbons (Fsp3) is 0.0909. The number of hydrogen-bond donors (Lipinski definition) is 0. The van der Waals surface area contributed by atoms with Crippen LogP contribution in [-0.2, 0) is 5.41 Å². The molecule has 0 aliphatic carbocycles. The SMILES string of the molecule is C=CCC(C=C)(c1ccccc1C=C)c1ccccc1C=C. The molecule has 0 aliphatic rings. The van der Waals surface area contributed by atoms with Crippen molar-refractivity contribution < 1.29 is 0 Å². The van der Waals surface area contributed by atoms with Crippen LogP contribution in [0.1, 0.15) is 28.7 Å². The second kappa shape index (κ2) is 6.91. The van der Waals surface area contributed by atoms with Crippen molar-refractivity contribution in [3.63, 3.8) is 0 Å². The van der Waals surface area contributed by atoms with Gasteiger partial charge in [0.05, 0.1) is 0 Å². The minimum Gasteiger partial charge on any atom is -0.103 e. The van der Waals surface area contributed by atoms with Crippen LogP contribution in [-0.4, -0.2) is 0 Å².